The maximum Gasteiger partial charge on any atom is 0.238 e. The summed E-state index contributed by atoms with van der Waals surface area (Å²) < 4.78 is 13.5. The van der Waals surface area contributed by atoms with E-state index in [1.165, 1.54) is 23.1 Å². The second-order valence-corrected chi connectivity index (χ2v) is 4.25. The average Bonchev–Trinajstić information content (AvgIpc) is 2.36. The third-order valence-corrected chi connectivity index (χ3v) is 2.58. The zero-order valence-corrected chi connectivity index (χ0v) is 10.7. The van der Waals surface area contributed by atoms with Crippen molar-refractivity contribution in [3.05, 3.63) is 35.1 Å². The first kappa shape index (κ1) is 14.1. The fourth-order valence-corrected chi connectivity index (χ4v) is 1.52. The molecule has 0 aliphatic rings. The third kappa shape index (κ3) is 3.54. The Balaban J connectivity index is 2.69. The molecule has 1 rings (SSSR count). The van der Waals surface area contributed by atoms with E-state index in [0.29, 0.717) is 11.1 Å². The van der Waals surface area contributed by atoms with Gasteiger partial charge in [0.1, 0.15) is 5.82 Å². The fourth-order valence-electron chi connectivity index (χ4n) is 1.52. The Labute approximate surface area is 106 Å². The molecule has 0 spiro atoms. The molecule has 5 heteroatoms. The van der Waals surface area contributed by atoms with Crippen molar-refractivity contribution in [1.29, 1.82) is 5.26 Å². The van der Waals surface area contributed by atoms with Gasteiger partial charge in [-0.25, -0.2) is 4.39 Å². The predicted molar refractivity (Wildman–Crippen MR) is 66.1 cm³/mol. The quantitative estimate of drug-likeness (QED) is 0.874. The van der Waals surface area contributed by atoms with Crippen LogP contribution in [0.4, 0.5) is 4.39 Å². The molecule has 1 unspecified atom stereocenters. The summed E-state index contributed by atoms with van der Waals surface area (Å²) in [5.41, 5.74) is 0.784. The number of amides is 1. The zero-order valence-electron chi connectivity index (χ0n) is 10.7. The number of halogens is 1. The first-order valence-corrected chi connectivity index (χ1v) is 5.58. The molecule has 96 valence electrons. The predicted octanol–water partition coefficient (Wildman–Crippen LogP) is 1.26. The minimum Gasteiger partial charge on any atom is -0.347 e. The highest BCUT2D eigenvalue weighted by molar-refractivity contribution is 5.80. The number of rotatable bonds is 4. The van der Waals surface area contributed by atoms with Gasteiger partial charge in [0, 0.05) is 26.2 Å². The molecule has 1 aromatic rings. The molecule has 1 atom stereocenters. The monoisotopic (exact) mass is 249 g/mol. The molecule has 0 saturated carbocycles. The maximum absolute atomic E-state index is 13.5. The van der Waals surface area contributed by atoms with Crippen LogP contribution in [-0.4, -0.2) is 30.9 Å². The Bertz CT molecular complexity index is 480. The Morgan fingerprint density at radius 1 is 1.56 bits per heavy atom. The SMILES string of the molecule is CC(NCc1cc(C#N)ccc1F)C(=O)N(C)C. The van der Waals surface area contributed by atoms with E-state index in [1.54, 1.807) is 21.0 Å². The van der Waals surface area contributed by atoms with Crippen molar-refractivity contribution >= 4 is 5.91 Å². The summed E-state index contributed by atoms with van der Waals surface area (Å²) in [5.74, 6) is -0.460. The molecular weight excluding hydrogens is 233 g/mol. The van der Waals surface area contributed by atoms with E-state index in [-0.39, 0.29) is 18.3 Å². The van der Waals surface area contributed by atoms with E-state index in [9.17, 15) is 9.18 Å². The van der Waals surface area contributed by atoms with Crippen LogP contribution < -0.4 is 5.32 Å². The standard InChI is InChI=1S/C13H16FN3O/c1-9(13(18)17(2)3)16-8-11-6-10(7-15)4-5-12(11)14/h4-6,9,16H,8H2,1-3H3. The van der Waals surface area contributed by atoms with Gasteiger partial charge in [0.15, 0.2) is 0 Å². The lowest BCUT2D eigenvalue weighted by atomic mass is 10.1. The number of likely N-dealkylation sites (N-methyl/N-ethyl adjacent to an activating group) is 1. The van der Waals surface area contributed by atoms with Crippen LogP contribution in [0, 0.1) is 17.1 Å². The third-order valence-electron chi connectivity index (χ3n) is 2.58. The lowest BCUT2D eigenvalue weighted by Gasteiger charge is -2.18. The van der Waals surface area contributed by atoms with E-state index >= 15 is 0 Å². The van der Waals surface area contributed by atoms with Crippen molar-refractivity contribution in [2.75, 3.05) is 14.1 Å². The molecule has 1 N–H and O–H groups in total. The molecule has 0 aliphatic heterocycles. The van der Waals surface area contributed by atoms with E-state index in [1.807, 2.05) is 6.07 Å². The summed E-state index contributed by atoms with van der Waals surface area (Å²) in [4.78, 5) is 13.1. The summed E-state index contributed by atoms with van der Waals surface area (Å²) in [6.45, 7) is 1.93. The molecule has 4 nitrogen and oxygen atoms in total. The normalized spacial score (nSPS) is 11.7. The van der Waals surface area contributed by atoms with Crippen LogP contribution in [0.1, 0.15) is 18.1 Å². The van der Waals surface area contributed by atoms with Crippen LogP contribution in [-0.2, 0) is 11.3 Å². The average molecular weight is 249 g/mol. The maximum atomic E-state index is 13.5. The molecule has 0 heterocycles. The minimum absolute atomic E-state index is 0.0770. The van der Waals surface area contributed by atoms with E-state index in [4.69, 9.17) is 5.26 Å². The van der Waals surface area contributed by atoms with Crippen LogP contribution in [0.15, 0.2) is 18.2 Å². The molecule has 18 heavy (non-hydrogen) atoms. The Morgan fingerprint density at radius 2 is 2.22 bits per heavy atom. The second-order valence-electron chi connectivity index (χ2n) is 4.25. The van der Waals surface area contributed by atoms with E-state index < -0.39 is 6.04 Å². The summed E-state index contributed by atoms with van der Waals surface area (Å²) in [5, 5.41) is 11.7. The fraction of sp³-hybridized carbons (Fsp3) is 0.385. The van der Waals surface area contributed by atoms with Gasteiger partial charge in [-0.15, -0.1) is 0 Å². The Kier molecular flexibility index (Phi) is 4.81. The first-order chi connectivity index (χ1) is 8.45. The number of nitrogens with zero attached hydrogens (tertiary/aromatic N) is 2. The number of hydrogen-bond acceptors (Lipinski definition) is 3. The zero-order chi connectivity index (χ0) is 13.7. The highest BCUT2D eigenvalue weighted by Gasteiger charge is 2.14. The molecule has 0 fully saturated rings. The number of nitriles is 1. The van der Waals surface area contributed by atoms with E-state index in [0.717, 1.165) is 0 Å². The Morgan fingerprint density at radius 3 is 2.78 bits per heavy atom. The van der Waals surface area contributed by atoms with E-state index in [2.05, 4.69) is 5.32 Å². The largest absolute Gasteiger partial charge is 0.347 e. The van der Waals surface area contributed by atoms with Crippen LogP contribution in [0.5, 0.6) is 0 Å². The number of benzene rings is 1. The molecule has 1 amide bonds. The Hall–Kier alpha value is -1.93. The smallest absolute Gasteiger partial charge is 0.238 e. The van der Waals surface area contributed by atoms with Gasteiger partial charge >= 0.3 is 0 Å². The number of hydrogen-bond donors (Lipinski definition) is 1. The number of carbonyl (C=O) groups excluding carboxylic acids is 1. The van der Waals surface area contributed by atoms with Crippen LogP contribution in [0.3, 0.4) is 0 Å². The highest BCUT2D eigenvalue weighted by atomic mass is 19.1. The summed E-state index contributed by atoms with van der Waals surface area (Å²) in [6.07, 6.45) is 0. The van der Waals surface area contributed by atoms with Crippen molar-refractivity contribution < 1.29 is 9.18 Å². The van der Waals surface area contributed by atoms with Gasteiger partial charge in [0.25, 0.3) is 0 Å². The molecule has 0 bridgehead atoms. The van der Waals surface area contributed by atoms with Crippen molar-refractivity contribution in [2.24, 2.45) is 0 Å². The van der Waals surface area contributed by atoms with Crippen LogP contribution in [0.25, 0.3) is 0 Å². The van der Waals surface area contributed by atoms with Gasteiger partial charge in [0.05, 0.1) is 17.7 Å². The molecular formula is C13H16FN3O. The van der Waals surface area contributed by atoms with Gasteiger partial charge in [-0.05, 0) is 25.1 Å². The van der Waals surface area contributed by atoms with Gasteiger partial charge in [-0.1, -0.05) is 0 Å². The minimum atomic E-state index is -0.398. The second kappa shape index (κ2) is 6.12. The number of carbonyl (C=O) groups is 1. The number of nitrogens with one attached hydrogen (secondary N) is 1. The van der Waals surface area contributed by atoms with Gasteiger partial charge in [-0.2, -0.15) is 5.26 Å². The van der Waals surface area contributed by atoms with Gasteiger partial charge < -0.3 is 10.2 Å². The molecule has 0 aromatic heterocycles. The lowest BCUT2D eigenvalue weighted by molar-refractivity contribution is -0.130. The van der Waals surface area contributed by atoms with Crippen LogP contribution >= 0.6 is 0 Å². The van der Waals surface area contributed by atoms with Gasteiger partial charge in [-0.3, -0.25) is 4.79 Å². The van der Waals surface area contributed by atoms with Crippen molar-refractivity contribution in [3.63, 3.8) is 0 Å². The topological polar surface area (TPSA) is 56.1 Å². The molecule has 0 saturated heterocycles. The highest BCUT2D eigenvalue weighted by Crippen LogP contribution is 2.10. The van der Waals surface area contributed by atoms with Crippen molar-refractivity contribution in [1.82, 2.24) is 10.2 Å². The van der Waals surface area contributed by atoms with Crippen molar-refractivity contribution in [2.45, 2.75) is 19.5 Å². The first-order valence-electron chi connectivity index (χ1n) is 5.58. The van der Waals surface area contributed by atoms with Crippen molar-refractivity contribution in [3.8, 4) is 6.07 Å². The molecule has 0 radical (unpaired) electrons. The molecule has 1 aromatic carbocycles. The van der Waals surface area contributed by atoms with Crippen LogP contribution in [0.2, 0.25) is 0 Å². The lowest BCUT2D eigenvalue weighted by Crippen LogP contribution is -2.41. The summed E-state index contributed by atoms with van der Waals surface area (Å²) in [6, 6.07) is 5.72. The summed E-state index contributed by atoms with van der Waals surface area (Å²) in [7, 11) is 3.33. The molecule has 0 aliphatic carbocycles. The summed E-state index contributed by atoms with van der Waals surface area (Å²) >= 11 is 0. The van der Waals surface area contributed by atoms with Gasteiger partial charge in [0.2, 0.25) is 5.91 Å².